The molecule has 14 heteroatoms. The predicted molar refractivity (Wildman–Crippen MR) is 109 cm³/mol. The van der Waals surface area contributed by atoms with Gasteiger partial charge in [-0.25, -0.2) is 14.0 Å². The number of alkyl halides is 6. The van der Waals surface area contributed by atoms with Gasteiger partial charge in [-0.2, -0.15) is 26.3 Å². The molecule has 0 aliphatic carbocycles. The molecule has 7 nitrogen and oxygen atoms in total. The van der Waals surface area contributed by atoms with E-state index in [0.29, 0.717) is 6.04 Å². The maximum Gasteiger partial charge on any atom is 0.490 e. The van der Waals surface area contributed by atoms with Crippen molar-refractivity contribution in [3.63, 3.8) is 0 Å². The van der Waals surface area contributed by atoms with E-state index in [9.17, 15) is 30.7 Å². The molecule has 2 heterocycles. The van der Waals surface area contributed by atoms with Gasteiger partial charge in [0, 0.05) is 32.3 Å². The van der Waals surface area contributed by atoms with Crippen LogP contribution in [0, 0.1) is 5.82 Å². The van der Waals surface area contributed by atoms with Gasteiger partial charge < -0.3 is 19.8 Å². The van der Waals surface area contributed by atoms with Gasteiger partial charge in [-0.1, -0.05) is 12.1 Å². The molecule has 1 spiro atoms. The Labute approximate surface area is 197 Å². The van der Waals surface area contributed by atoms with Gasteiger partial charge in [-0.15, -0.1) is 0 Å². The Kier molecular flexibility index (Phi) is 10.9. The lowest BCUT2D eigenvalue weighted by atomic mass is 9.89. The van der Waals surface area contributed by atoms with Crippen molar-refractivity contribution in [1.29, 1.82) is 0 Å². The molecule has 2 saturated heterocycles. The molecule has 2 atom stereocenters. The maximum atomic E-state index is 13.0. The first-order valence-corrected chi connectivity index (χ1v) is 10.3. The summed E-state index contributed by atoms with van der Waals surface area (Å²) in [6.07, 6.45) is -6.80. The highest BCUT2D eigenvalue weighted by Crippen LogP contribution is 2.36. The molecule has 2 aliphatic rings. The molecule has 1 aromatic carbocycles. The number of benzene rings is 1. The van der Waals surface area contributed by atoms with Crippen LogP contribution in [-0.2, 0) is 20.9 Å². The largest absolute Gasteiger partial charge is 0.490 e. The zero-order valence-electron chi connectivity index (χ0n) is 19.0. The second-order valence-corrected chi connectivity index (χ2v) is 8.33. The molecule has 0 unspecified atom stereocenters. The number of ether oxygens (including phenoxy) is 1. The lowest BCUT2D eigenvalue weighted by Crippen LogP contribution is -2.48. The van der Waals surface area contributed by atoms with E-state index in [1.165, 1.54) is 5.56 Å². The predicted octanol–water partition coefficient (Wildman–Crippen LogP) is 3.78. The molecule has 2 aliphatic heterocycles. The van der Waals surface area contributed by atoms with E-state index in [2.05, 4.69) is 23.9 Å². The van der Waals surface area contributed by atoms with Crippen LogP contribution in [0.2, 0.25) is 0 Å². The van der Waals surface area contributed by atoms with Crippen LogP contribution in [0.25, 0.3) is 0 Å². The van der Waals surface area contributed by atoms with E-state index in [-0.39, 0.29) is 11.4 Å². The summed E-state index contributed by atoms with van der Waals surface area (Å²) in [5.74, 6) is -5.68. The average molecular weight is 520 g/mol. The Hall–Kier alpha value is -2.45. The van der Waals surface area contributed by atoms with Crippen LogP contribution in [0.4, 0.5) is 30.7 Å². The average Bonchev–Trinajstić information content (AvgIpc) is 3.10. The van der Waals surface area contributed by atoms with Crippen molar-refractivity contribution in [1.82, 2.24) is 9.80 Å². The summed E-state index contributed by atoms with van der Waals surface area (Å²) < 4.78 is 82.6. The van der Waals surface area contributed by atoms with Gasteiger partial charge in [0.25, 0.3) is 0 Å². The fraction of sp³-hybridized carbons (Fsp3) is 0.619. The second kappa shape index (κ2) is 12.5. The Morgan fingerprint density at radius 3 is 1.97 bits per heavy atom. The van der Waals surface area contributed by atoms with Gasteiger partial charge in [0.2, 0.25) is 0 Å². The summed E-state index contributed by atoms with van der Waals surface area (Å²) in [7, 11) is 4.32. The molecule has 2 fully saturated rings. The molecule has 0 bridgehead atoms. The number of hydrogen-bond acceptors (Lipinski definition) is 5. The third-order valence-corrected chi connectivity index (χ3v) is 5.40. The first-order valence-electron chi connectivity index (χ1n) is 10.3. The minimum Gasteiger partial charge on any atom is -0.475 e. The number of carboxylic acid groups (broad SMARTS) is 2. The van der Waals surface area contributed by atoms with Crippen molar-refractivity contribution < 1.29 is 55.3 Å². The van der Waals surface area contributed by atoms with E-state index in [1.807, 2.05) is 12.1 Å². The summed E-state index contributed by atoms with van der Waals surface area (Å²) in [5.41, 5.74) is 1.21. The van der Waals surface area contributed by atoms with Crippen molar-refractivity contribution in [2.24, 2.45) is 0 Å². The number of halogens is 7. The minimum atomic E-state index is -5.08. The monoisotopic (exact) mass is 520 g/mol. The molecule has 0 saturated carbocycles. The molecule has 0 radical (unpaired) electrons. The van der Waals surface area contributed by atoms with Crippen LogP contribution < -0.4 is 0 Å². The fourth-order valence-corrected chi connectivity index (χ4v) is 3.64. The second-order valence-electron chi connectivity index (χ2n) is 8.33. The zero-order chi connectivity index (χ0) is 27.0. The summed E-state index contributed by atoms with van der Waals surface area (Å²) in [5, 5.41) is 14.2. The number of rotatable bonds is 3. The van der Waals surface area contributed by atoms with Crippen molar-refractivity contribution >= 4 is 11.9 Å². The smallest absolute Gasteiger partial charge is 0.475 e. The highest BCUT2D eigenvalue weighted by atomic mass is 19.4. The lowest BCUT2D eigenvalue weighted by Gasteiger charge is -2.40. The highest BCUT2D eigenvalue weighted by Gasteiger charge is 2.43. The number of aliphatic carboxylic acids is 2. The number of hydrogen-bond donors (Lipinski definition) is 2. The van der Waals surface area contributed by atoms with Crippen molar-refractivity contribution in [3.05, 3.63) is 35.6 Å². The van der Waals surface area contributed by atoms with E-state index in [4.69, 9.17) is 24.5 Å². The Morgan fingerprint density at radius 2 is 1.54 bits per heavy atom. The van der Waals surface area contributed by atoms with E-state index in [0.717, 1.165) is 45.5 Å². The third kappa shape index (κ3) is 10.8. The summed E-state index contributed by atoms with van der Waals surface area (Å²) in [6.45, 7) is 3.82. The summed E-state index contributed by atoms with van der Waals surface area (Å²) in [6, 6.07) is 7.47. The van der Waals surface area contributed by atoms with Gasteiger partial charge in [-0.3, -0.25) is 4.90 Å². The van der Waals surface area contributed by atoms with Crippen LogP contribution in [0.1, 0.15) is 24.8 Å². The van der Waals surface area contributed by atoms with Crippen LogP contribution in [0.5, 0.6) is 0 Å². The maximum absolute atomic E-state index is 13.0. The van der Waals surface area contributed by atoms with E-state index >= 15 is 0 Å². The van der Waals surface area contributed by atoms with Crippen LogP contribution in [0.15, 0.2) is 24.3 Å². The van der Waals surface area contributed by atoms with E-state index in [1.54, 1.807) is 12.1 Å². The summed E-state index contributed by atoms with van der Waals surface area (Å²) in [4.78, 5) is 22.6. The van der Waals surface area contributed by atoms with Gasteiger partial charge in [-0.05, 0) is 51.1 Å². The standard InChI is InChI=1S/C17H25FN2O.2C2HF3O2/c1-19(2)16-7-10-21-17(11-16)8-9-20(13-17)12-14-3-5-15(18)6-4-14;2*3-2(4,5)1(6)7/h3-6,16H,7-13H2,1-2H3;2*(H,6,7)/t16-,17-;;/m1../s1. The Morgan fingerprint density at radius 1 is 1.06 bits per heavy atom. The fourth-order valence-electron chi connectivity index (χ4n) is 3.64. The third-order valence-electron chi connectivity index (χ3n) is 5.40. The van der Waals surface area contributed by atoms with Crippen LogP contribution in [-0.4, -0.2) is 89.7 Å². The quantitative estimate of drug-likeness (QED) is 0.587. The van der Waals surface area contributed by atoms with Crippen molar-refractivity contribution in [2.45, 2.75) is 49.8 Å². The number of nitrogens with zero attached hydrogens (tertiary/aromatic N) is 2. The number of carbonyl (C=O) groups is 2. The molecule has 0 aromatic heterocycles. The molecule has 35 heavy (non-hydrogen) atoms. The molecule has 2 N–H and O–H groups in total. The molecule has 3 rings (SSSR count). The minimum absolute atomic E-state index is 0.0349. The van der Waals surface area contributed by atoms with Crippen LogP contribution in [0.3, 0.4) is 0 Å². The molecular weight excluding hydrogens is 493 g/mol. The topological polar surface area (TPSA) is 90.3 Å². The van der Waals surface area contributed by atoms with Crippen molar-refractivity contribution in [2.75, 3.05) is 33.8 Å². The van der Waals surface area contributed by atoms with Crippen LogP contribution >= 0.6 is 0 Å². The Balaban J connectivity index is 0.000000362. The number of likely N-dealkylation sites (tertiary alicyclic amines) is 1. The van der Waals surface area contributed by atoms with Gasteiger partial charge >= 0.3 is 24.3 Å². The highest BCUT2D eigenvalue weighted by molar-refractivity contribution is 5.73. The first kappa shape index (κ1) is 30.6. The van der Waals surface area contributed by atoms with Gasteiger partial charge in [0.15, 0.2) is 0 Å². The number of carboxylic acids is 2. The molecule has 200 valence electrons. The van der Waals surface area contributed by atoms with Gasteiger partial charge in [0.05, 0.1) is 5.60 Å². The lowest BCUT2D eigenvalue weighted by molar-refractivity contribution is -0.193. The zero-order valence-corrected chi connectivity index (χ0v) is 19.0. The first-order chi connectivity index (χ1) is 15.9. The van der Waals surface area contributed by atoms with E-state index < -0.39 is 24.3 Å². The summed E-state index contributed by atoms with van der Waals surface area (Å²) >= 11 is 0. The molecular formula is C21H27F7N2O5. The van der Waals surface area contributed by atoms with Gasteiger partial charge in [0.1, 0.15) is 5.82 Å². The SMILES string of the molecule is CN(C)[C@@H]1CCO[C@]2(CCN(Cc3ccc(F)cc3)C2)C1.O=C(O)C(F)(F)F.O=C(O)C(F)(F)F. The van der Waals surface area contributed by atoms with Crippen molar-refractivity contribution in [3.8, 4) is 0 Å². The normalized spacial score (nSPS) is 22.7. The molecule has 0 amide bonds. The Bertz CT molecular complexity index is 807. The molecule has 1 aromatic rings.